The van der Waals surface area contributed by atoms with Gasteiger partial charge in [-0.05, 0) is 38.1 Å². The Balaban J connectivity index is 2.55. The van der Waals surface area contributed by atoms with Crippen LogP contribution in [0.25, 0.3) is 0 Å². The molecule has 1 atom stereocenters. The molecule has 0 aliphatic carbocycles. The third kappa shape index (κ3) is 4.76. The van der Waals surface area contributed by atoms with E-state index in [1.165, 1.54) is 14.0 Å². The Labute approximate surface area is 128 Å². The molecule has 7 heteroatoms. The van der Waals surface area contributed by atoms with Crippen LogP contribution in [-0.2, 0) is 9.59 Å². The van der Waals surface area contributed by atoms with Gasteiger partial charge in [0.15, 0.2) is 0 Å². The highest BCUT2D eigenvalue weighted by Crippen LogP contribution is 2.11. The second kappa shape index (κ2) is 8.02. The summed E-state index contributed by atoms with van der Waals surface area (Å²) < 4.78 is 5.27. The molecule has 0 aromatic heterocycles. The molecule has 0 aliphatic rings. The third-order valence-corrected chi connectivity index (χ3v) is 3.16. The maximum atomic E-state index is 11.9. The van der Waals surface area contributed by atoms with Gasteiger partial charge in [-0.15, -0.1) is 0 Å². The number of carboxylic acid groups (broad SMARTS) is 1. The number of hydrogen-bond donors (Lipinski definition) is 2. The van der Waals surface area contributed by atoms with Crippen molar-refractivity contribution in [1.29, 1.82) is 0 Å². The summed E-state index contributed by atoms with van der Waals surface area (Å²) >= 11 is 0. The van der Waals surface area contributed by atoms with E-state index in [1.807, 2.05) is 6.92 Å². The van der Waals surface area contributed by atoms with Crippen molar-refractivity contribution < 1.29 is 24.2 Å². The van der Waals surface area contributed by atoms with E-state index in [2.05, 4.69) is 5.32 Å². The number of likely N-dealkylation sites (N-methyl/N-ethyl adjacent to an activating group) is 1. The molecule has 0 saturated carbocycles. The van der Waals surface area contributed by atoms with Gasteiger partial charge in [-0.3, -0.25) is 9.59 Å². The van der Waals surface area contributed by atoms with Gasteiger partial charge in [0.25, 0.3) is 5.91 Å². The lowest BCUT2D eigenvalue weighted by molar-refractivity contribution is -0.147. The average molecular weight is 308 g/mol. The summed E-state index contributed by atoms with van der Waals surface area (Å²) in [5, 5.41) is 11.3. The van der Waals surface area contributed by atoms with Crippen molar-refractivity contribution in [3.05, 3.63) is 29.8 Å². The first-order valence-electron chi connectivity index (χ1n) is 6.86. The van der Waals surface area contributed by atoms with Crippen LogP contribution >= 0.6 is 0 Å². The Morgan fingerprint density at radius 1 is 1.27 bits per heavy atom. The van der Waals surface area contributed by atoms with Crippen molar-refractivity contribution in [2.24, 2.45) is 0 Å². The SMILES string of the molecule is CCOc1ccc(C(=O)NCC(=O)N(C)C(C)C(=O)O)cc1. The predicted molar refractivity (Wildman–Crippen MR) is 79.8 cm³/mol. The quantitative estimate of drug-likeness (QED) is 0.775. The van der Waals surface area contributed by atoms with E-state index in [0.717, 1.165) is 4.90 Å². The number of rotatable bonds is 7. The number of ether oxygens (including phenoxy) is 1. The highest BCUT2D eigenvalue weighted by atomic mass is 16.5. The van der Waals surface area contributed by atoms with Crippen molar-refractivity contribution in [3.8, 4) is 5.75 Å². The van der Waals surface area contributed by atoms with Crippen molar-refractivity contribution in [3.63, 3.8) is 0 Å². The standard InChI is InChI=1S/C15H20N2O5/c1-4-22-12-7-5-11(6-8-12)14(19)16-9-13(18)17(3)10(2)15(20)21/h5-8,10H,4,9H2,1-3H3,(H,16,19)(H,20,21). The maximum absolute atomic E-state index is 11.9. The van der Waals surface area contributed by atoms with E-state index in [0.29, 0.717) is 17.9 Å². The van der Waals surface area contributed by atoms with Gasteiger partial charge in [0.1, 0.15) is 11.8 Å². The van der Waals surface area contributed by atoms with E-state index in [-0.39, 0.29) is 6.54 Å². The molecule has 1 unspecified atom stereocenters. The van der Waals surface area contributed by atoms with E-state index in [4.69, 9.17) is 9.84 Å². The molecule has 0 saturated heterocycles. The normalized spacial score (nSPS) is 11.4. The number of hydrogen-bond acceptors (Lipinski definition) is 4. The Hall–Kier alpha value is -2.57. The lowest BCUT2D eigenvalue weighted by Crippen LogP contribution is -2.45. The highest BCUT2D eigenvalue weighted by molar-refractivity contribution is 5.96. The van der Waals surface area contributed by atoms with Gasteiger partial charge < -0.3 is 20.1 Å². The first-order chi connectivity index (χ1) is 10.4. The summed E-state index contributed by atoms with van der Waals surface area (Å²) in [4.78, 5) is 35.6. The van der Waals surface area contributed by atoms with E-state index < -0.39 is 23.8 Å². The minimum Gasteiger partial charge on any atom is -0.494 e. The van der Waals surface area contributed by atoms with Gasteiger partial charge in [-0.2, -0.15) is 0 Å². The van der Waals surface area contributed by atoms with Crippen LogP contribution in [0, 0.1) is 0 Å². The summed E-state index contributed by atoms with van der Waals surface area (Å²) in [5.41, 5.74) is 0.394. The zero-order valence-electron chi connectivity index (χ0n) is 12.8. The molecule has 0 fully saturated rings. The third-order valence-electron chi connectivity index (χ3n) is 3.16. The first-order valence-corrected chi connectivity index (χ1v) is 6.86. The topological polar surface area (TPSA) is 95.9 Å². The van der Waals surface area contributed by atoms with Crippen LogP contribution < -0.4 is 10.1 Å². The van der Waals surface area contributed by atoms with Gasteiger partial charge in [0.05, 0.1) is 13.2 Å². The van der Waals surface area contributed by atoms with Gasteiger partial charge in [-0.25, -0.2) is 4.79 Å². The minimum atomic E-state index is -1.10. The number of benzene rings is 1. The summed E-state index contributed by atoms with van der Waals surface area (Å²) in [6, 6.07) is 5.57. The monoisotopic (exact) mass is 308 g/mol. The molecule has 0 spiro atoms. The second-order valence-electron chi connectivity index (χ2n) is 4.66. The number of carbonyl (C=O) groups excluding carboxylic acids is 2. The van der Waals surface area contributed by atoms with Crippen molar-refractivity contribution in [2.45, 2.75) is 19.9 Å². The number of nitrogens with one attached hydrogen (secondary N) is 1. The van der Waals surface area contributed by atoms with Crippen LogP contribution in [0.5, 0.6) is 5.75 Å². The van der Waals surface area contributed by atoms with Crippen LogP contribution in [0.1, 0.15) is 24.2 Å². The van der Waals surface area contributed by atoms with Crippen molar-refractivity contribution >= 4 is 17.8 Å². The Bertz CT molecular complexity index is 541. The molecular formula is C15H20N2O5. The molecule has 120 valence electrons. The zero-order chi connectivity index (χ0) is 16.7. The van der Waals surface area contributed by atoms with Crippen molar-refractivity contribution in [1.82, 2.24) is 10.2 Å². The van der Waals surface area contributed by atoms with Gasteiger partial charge in [0.2, 0.25) is 5.91 Å². The largest absolute Gasteiger partial charge is 0.494 e. The molecule has 0 bridgehead atoms. The molecule has 1 rings (SSSR count). The predicted octanol–water partition coefficient (Wildman–Crippen LogP) is 0.747. The second-order valence-corrected chi connectivity index (χ2v) is 4.66. The molecule has 1 aromatic carbocycles. The lowest BCUT2D eigenvalue weighted by atomic mass is 10.2. The molecule has 7 nitrogen and oxygen atoms in total. The molecule has 0 heterocycles. The lowest BCUT2D eigenvalue weighted by Gasteiger charge is -2.21. The van der Waals surface area contributed by atoms with Crippen LogP contribution in [0.3, 0.4) is 0 Å². The smallest absolute Gasteiger partial charge is 0.326 e. The highest BCUT2D eigenvalue weighted by Gasteiger charge is 2.21. The zero-order valence-corrected chi connectivity index (χ0v) is 12.8. The summed E-state index contributed by atoms with van der Waals surface area (Å²) in [5.74, 6) is -1.33. The van der Waals surface area contributed by atoms with Crippen LogP contribution in [0.2, 0.25) is 0 Å². The fraction of sp³-hybridized carbons (Fsp3) is 0.400. The summed E-state index contributed by atoms with van der Waals surface area (Å²) in [6.45, 7) is 3.53. The van der Waals surface area contributed by atoms with Gasteiger partial charge >= 0.3 is 5.97 Å². The summed E-state index contributed by atoms with van der Waals surface area (Å²) in [7, 11) is 1.38. The van der Waals surface area contributed by atoms with Crippen LogP contribution in [0.15, 0.2) is 24.3 Å². The average Bonchev–Trinajstić information content (AvgIpc) is 2.51. The Morgan fingerprint density at radius 2 is 1.86 bits per heavy atom. The number of amides is 2. The molecule has 22 heavy (non-hydrogen) atoms. The molecular weight excluding hydrogens is 288 g/mol. The van der Waals surface area contributed by atoms with Crippen molar-refractivity contribution in [2.75, 3.05) is 20.2 Å². The molecule has 1 aromatic rings. The van der Waals surface area contributed by atoms with E-state index in [1.54, 1.807) is 24.3 Å². The first kappa shape index (κ1) is 17.5. The fourth-order valence-electron chi connectivity index (χ4n) is 1.63. The Morgan fingerprint density at radius 3 is 2.36 bits per heavy atom. The van der Waals surface area contributed by atoms with Crippen LogP contribution in [-0.4, -0.2) is 54.0 Å². The molecule has 0 radical (unpaired) electrons. The van der Waals surface area contributed by atoms with E-state index in [9.17, 15) is 14.4 Å². The number of carbonyl (C=O) groups is 3. The van der Waals surface area contributed by atoms with Crippen LogP contribution in [0.4, 0.5) is 0 Å². The molecule has 2 amide bonds. The minimum absolute atomic E-state index is 0.264. The molecule has 0 aliphatic heterocycles. The van der Waals surface area contributed by atoms with Gasteiger partial charge in [0, 0.05) is 12.6 Å². The summed E-state index contributed by atoms with van der Waals surface area (Å²) in [6.07, 6.45) is 0. The Kier molecular flexibility index (Phi) is 6.37. The van der Waals surface area contributed by atoms with E-state index >= 15 is 0 Å². The number of carboxylic acids is 1. The fourth-order valence-corrected chi connectivity index (χ4v) is 1.63. The maximum Gasteiger partial charge on any atom is 0.326 e. The number of aliphatic carboxylic acids is 1. The van der Waals surface area contributed by atoms with Gasteiger partial charge in [-0.1, -0.05) is 0 Å². The number of nitrogens with zero attached hydrogens (tertiary/aromatic N) is 1. The molecule has 2 N–H and O–H groups in total.